The lowest BCUT2D eigenvalue weighted by atomic mass is 10.3. The minimum absolute atomic E-state index is 0.220. The molecular weight excluding hydrogens is 200 g/mol. The summed E-state index contributed by atoms with van der Waals surface area (Å²) in [5, 5.41) is 10.3. The van der Waals surface area contributed by atoms with Crippen molar-refractivity contribution < 1.29 is 9.90 Å². The van der Waals surface area contributed by atoms with Crippen molar-refractivity contribution in [1.82, 2.24) is 9.97 Å². The molecule has 0 amide bonds. The Bertz CT molecular complexity index is 344. The van der Waals surface area contributed by atoms with Crippen LogP contribution in [0.1, 0.15) is 10.4 Å². The SMILES string of the molecule is O=C(O)c1cccnc1.c1cscn1. The summed E-state index contributed by atoms with van der Waals surface area (Å²) in [4.78, 5) is 17.5. The zero-order chi connectivity index (χ0) is 10.2. The Balaban J connectivity index is 0.000000165. The van der Waals surface area contributed by atoms with Gasteiger partial charge in [0.2, 0.25) is 0 Å². The third kappa shape index (κ3) is 3.77. The van der Waals surface area contributed by atoms with Crippen LogP contribution in [0.25, 0.3) is 0 Å². The maximum Gasteiger partial charge on any atom is 0.337 e. The van der Waals surface area contributed by atoms with Gasteiger partial charge in [0.15, 0.2) is 0 Å². The lowest BCUT2D eigenvalue weighted by molar-refractivity contribution is 0.0696. The highest BCUT2D eigenvalue weighted by molar-refractivity contribution is 7.07. The molecule has 5 heteroatoms. The van der Waals surface area contributed by atoms with Crippen LogP contribution in [-0.4, -0.2) is 21.0 Å². The average Bonchev–Trinajstić information content (AvgIpc) is 2.77. The van der Waals surface area contributed by atoms with Gasteiger partial charge in [0, 0.05) is 24.0 Å². The number of hydrogen-bond donors (Lipinski definition) is 1. The number of pyridine rings is 1. The van der Waals surface area contributed by atoms with Crippen LogP contribution in [-0.2, 0) is 0 Å². The fourth-order valence-corrected chi connectivity index (χ4v) is 1.02. The number of aromatic nitrogens is 2. The van der Waals surface area contributed by atoms with Crippen molar-refractivity contribution in [2.24, 2.45) is 0 Å². The van der Waals surface area contributed by atoms with E-state index in [-0.39, 0.29) is 5.56 Å². The quantitative estimate of drug-likeness (QED) is 0.777. The third-order valence-electron chi connectivity index (χ3n) is 1.26. The van der Waals surface area contributed by atoms with Crippen LogP contribution < -0.4 is 0 Å². The molecule has 2 aromatic heterocycles. The molecule has 0 unspecified atom stereocenters. The summed E-state index contributed by atoms with van der Waals surface area (Å²) in [5.74, 6) is -0.942. The summed E-state index contributed by atoms with van der Waals surface area (Å²) in [6.07, 6.45) is 4.61. The molecule has 0 aliphatic heterocycles. The van der Waals surface area contributed by atoms with Crippen LogP contribution in [0.3, 0.4) is 0 Å². The van der Waals surface area contributed by atoms with Crippen molar-refractivity contribution in [2.45, 2.75) is 0 Å². The van der Waals surface area contributed by atoms with Crippen molar-refractivity contribution in [2.75, 3.05) is 0 Å². The highest BCUT2D eigenvalue weighted by atomic mass is 32.1. The Morgan fingerprint density at radius 1 is 1.36 bits per heavy atom. The standard InChI is InChI=1S/C6H5NO2.C3H3NS/c8-6(9)5-2-1-3-7-4-5;1-2-5-3-4-1/h1-4H,(H,8,9);1-3H. The summed E-state index contributed by atoms with van der Waals surface area (Å²) < 4.78 is 0. The maximum absolute atomic E-state index is 10.2. The molecule has 72 valence electrons. The zero-order valence-electron chi connectivity index (χ0n) is 7.20. The highest BCUT2D eigenvalue weighted by Crippen LogP contribution is 1.92. The Hall–Kier alpha value is -1.75. The minimum atomic E-state index is -0.942. The number of carbonyl (C=O) groups is 1. The van der Waals surface area contributed by atoms with E-state index in [0.717, 1.165) is 0 Å². The number of thiazole rings is 1. The normalized spacial score (nSPS) is 8.57. The first-order valence-corrected chi connectivity index (χ1v) is 4.70. The molecule has 0 aliphatic carbocycles. The highest BCUT2D eigenvalue weighted by Gasteiger charge is 1.97. The van der Waals surface area contributed by atoms with Crippen molar-refractivity contribution in [1.29, 1.82) is 0 Å². The molecular formula is C9H8N2O2S. The molecule has 0 bridgehead atoms. The predicted octanol–water partition coefficient (Wildman–Crippen LogP) is 1.92. The number of carboxylic acids is 1. The number of aromatic carboxylic acids is 1. The Kier molecular flexibility index (Phi) is 4.30. The molecule has 4 nitrogen and oxygen atoms in total. The Morgan fingerprint density at radius 2 is 2.21 bits per heavy atom. The van der Waals surface area contributed by atoms with Gasteiger partial charge < -0.3 is 5.11 Å². The largest absolute Gasteiger partial charge is 0.478 e. The van der Waals surface area contributed by atoms with E-state index in [2.05, 4.69) is 9.97 Å². The molecule has 0 saturated carbocycles. The topological polar surface area (TPSA) is 63.1 Å². The van der Waals surface area contributed by atoms with Crippen molar-refractivity contribution >= 4 is 17.3 Å². The van der Waals surface area contributed by atoms with Gasteiger partial charge in [-0.15, -0.1) is 11.3 Å². The Labute approximate surface area is 84.9 Å². The predicted molar refractivity (Wildman–Crippen MR) is 53.3 cm³/mol. The number of hydrogen-bond acceptors (Lipinski definition) is 4. The molecule has 0 atom stereocenters. The van der Waals surface area contributed by atoms with Crippen molar-refractivity contribution in [3.8, 4) is 0 Å². The van der Waals surface area contributed by atoms with Crippen LogP contribution in [0.15, 0.2) is 41.6 Å². The summed E-state index contributed by atoms with van der Waals surface area (Å²) in [6.45, 7) is 0. The second-order valence-electron chi connectivity index (χ2n) is 2.22. The molecule has 2 heterocycles. The molecule has 14 heavy (non-hydrogen) atoms. The first-order valence-electron chi connectivity index (χ1n) is 3.76. The van der Waals surface area contributed by atoms with E-state index in [1.165, 1.54) is 18.5 Å². The molecule has 0 spiro atoms. The van der Waals surface area contributed by atoms with E-state index in [0.29, 0.717) is 0 Å². The molecule has 2 rings (SSSR count). The lowest BCUT2D eigenvalue weighted by Crippen LogP contribution is -1.94. The van der Waals surface area contributed by atoms with E-state index in [1.807, 2.05) is 5.38 Å². The van der Waals surface area contributed by atoms with Crippen LogP contribution in [0, 0.1) is 0 Å². The maximum atomic E-state index is 10.2. The van der Waals surface area contributed by atoms with Gasteiger partial charge in [-0.05, 0) is 12.1 Å². The fraction of sp³-hybridized carbons (Fsp3) is 0. The van der Waals surface area contributed by atoms with Gasteiger partial charge in [-0.3, -0.25) is 9.97 Å². The van der Waals surface area contributed by atoms with Gasteiger partial charge in [0.05, 0.1) is 11.1 Å². The third-order valence-corrected chi connectivity index (χ3v) is 1.78. The molecule has 2 aromatic rings. The van der Waals surface area contributed by atoms with E-state index in [9.17, 15) is 4.79 Å². The van der Waals surface area contributed by atoms with Crippen LogP contribution in [0.2, 0.25) is 0 Å². The van der Waals surface area contributed by atoms with Gasteiger partial charge in [-0.1, -0.05) is 0 Å². The van der Waals surface area contributed by atoms with Gasteiger partial charge in [-0.2, -0.15) is 0 Å². The summed E-state index contributed by atoms with van der Waals surface area (Å²) in [7, 11) is 0. The zero-order valence-corrected chi connectivity index (χ0v) is 8.02. The van der Waals surface area contributed by atoms with E-state index in [1.54, 1.807) is 29.1 Å². The van der Waals surface area contributed by atoms with Crippen molar-refractivity contribution in [3.63, 3.8) is 0 Å². The van der Waals surface area contributed by atoms with Gasteiger partial charge >= 0.3 is 5.97 Å². The van der Waals surface area contributed by atoms with Gasteiger partial charge in [0.25, 0.3) is 0 Å². The molecule has 0 saturated heterocycles. The van der Waals surface area contributed by atoms with Gasteiger partial charge in [-0.25, -0.2) is 4.79 Å². The summed E-state index contributed by atoms with van der Waals surface area (Å²) in [6, 6.07) is 3.08. The second kappa shape index (κ2) is 5.82. The molecule has 0 aromatic carbocycles. The van der Waals surface area contributed by atoms with Crippen LogP contribution in [0.5, 0.6) is 0 Å². The minimum Gasteiger partial charge on any atom is -0.478 e. The van der Waals surface area contributed by atoms with Crippen molar-refractivity contribution in [3.05, 3.63) is 47.2 Å². The van der Waals surface area contributed by atoms with Crippen LogP contribution in [0.4, 0.5) is 0 Å². The first kappa shape index (κ1) is 10.3. The lowest BCUT2D eigenvalue weighted by Gasteiger charge is -1.87. The molecule has 0 radical (unpaired) electrons. The number of nitrogens with zero attached hydrogens (tertiary/aromatic N) is 2. The average molecular weight is 208 g/mol. The monoisotopic (exact) mass is 208 g/mol. The van der Waals surface area contributed by atoms with Crippen LogP contribution >= 0.6 is 11.3 Å². The van der Waals surface area contributed by atoms with Gasteiger partial charge in [0.1, 0.15) is 0 Å². The molecule has 0 aliphatic rings. The van der Waals surface area contributed by atoms with E-state index >= 15 is 0 Å². The summed E-state index contributed by atoms with van der Waals surface area (Å²) >= 11 is 1.60. The van der Waals surface area contributed by atoms with E-state index < -0.39 is 5.97 Å². The molecule has 1 N–H and O–H groups in total. The smallest absolute Gasteiger partial charge is 0.337 e. The first-order chi connectivity index (χ1) is 6.80. The molecule has 0 fully saturated rings. The Morgan fingerprint density at radius 3 is 2.50 bits per heavy atom. The number of carboxylic acid groups (broad SMARTS) is 1. The number of rotatable bonds is 1. The van der Waals surface area contributed by atoms with E-state index in [4.69, 9.17) is 5.11 Å². The summed E-state index contributed by atoms with van der Waals surface area (Å²) in [5.41, 5.74) is 2.01. The fourth-order valence-electron chi connectivity index (χ4n) is 0.665. The second-order valence-corrected chi connectivity index (χ2v) is 2.98.